The highest BCUT2D eigenvalue weighted by molar-refractivity contribution is 5.71. The molecule has 0 aliphatic carbocycles. The van der Waals surface area contributed by atoms with Gasteiger partial charge in [0, 0.05) is 19.3 Å². The Hall–Kier alpha value is -1.85. The molecule has 1 atom stereocenters. The summed E-state index contributed by atoms with van der Waals surface area (Å²) in [4.78, 5) is 37.5. The zero-order valence-corrected chi connectivity index (χ0v) is 32.7. The van der Waals surface area contributed by atoms with Crippen LogP contribution in [0, 0.1) is 0 Å². The minimum absolute atomic E-state index is 0.0691. The minimum atomic E-state index is -0.762. The van der Waals surface area contributed by atoms with Gasteiger partial charge in [-0.15, -0.1) is 0 Å². The lowest BCUT2D eigenvalue weighted by atomic mass is 10.1. The maximum atomic E-state index is 12.6. The molecule has 0 aliphatic heterocycles. The lowest BCUT2D eigenvalue weighted by Gasteiger charge is -2.18. The van der Waals surface area contributed by atoms with E-state index in [4.69, 9.17) is 14.2 Å². The first kappa shape index (κ1) is 47.1. The average Bonchev–Trinajstić information content (AvgIpc) is 3.10. The number of esters is 3. The number of carbonyl (C=O) groups excluding carboxylic acids is 3. The van der Waals surface area contributed by atoms with Gasteiger partial charge in [-0.3, -0.25) is 14.4 Å². The monoisotopic (exact) mass is 693 g/mol. The Kier molecular flexibility index (Phi) is 37.5. The van der Waals surface area contributed by atoms with Crippen LogP contribution in [0.3, 0.4) is 0 Å². The zero-order chi connectivity index (χ0) is 35.9. The van der Waals surface area contributed by atoms with Crippen LogP contribution in [0.1, 0.15) is 226 Å². The minimum Gasteiger partial charge on any atom is -0.462 e. The van der Waals surface area contributed by atoms with Gasteiger partial charge in [0.1, 0.15) is 13.2 Å². The summed E-state index contributed by atoms with van der Waals surface area (Å²) in [5.74, 6) is -0.879. The van der Waals surface area contributed by atoms with Crippen molar-refractivity contribution in [2.45, 2.75) is 232 Å². The van der Waals surface area contributed by atoms with Crippen molar-refractivity contribution in [2.75, 3.05) is 13.2 Å². The largest absolute Gasteiger partial charge is 0.462 e. The van der Waals surface area contributed by atoms with E-state index in [0.29, 0.717) is 19.3 Å². The number of hydrogen-bond acceptors (Lipinski definition) is 6. The van der Waals surface area contributed by atoms with Gasteiger partial charge in [-0.1, -0.05) is 174 Å². The van der Waals surface area contributed by atoms with Crippen LogP contribution in [0.2, 0.25) is 0 Å². The summed E-state index contributed by atoms with van der Waals surface area (Å²) in [6.07, 6.45) is 39.0. The van der Waals surface area contributed by atoms with E-state index in [-0.39, 0.29) is 31.1 Å². The smallest absolute Gasteiger partial charge is 0.306 e. The van der Waals surface area contributed by atoms with Crippen LogP contribution in [0.25, 0.3) is 0 Å². The number of rotatable bonds is 38. The molecule has 0 rings (SSSR count). The Morgan fingerprint density at radius 3 is 1.06 bits per heavy atom. The Morgan fingerprint density at radius 1 is 0.388 bits per heavy atom. The van der Waals surface area contributed by atoms with Crippen LogP contribution < -0.4 is 0 Å². The van der Waals surface area contributed by atoms with Crippen molar-refractivity contribution in [3.05, 3.63) is 12.2 Å². The van der Waals surface area contributed by atoms with Crippen LogP contribution in [0.4, 0.5) is 0 Å². The molecule has 6 heteroatoms. The number of allylic oxidation sites excluding steroid dienone is 2. The highest BCUT2D eigenvalue weighted by Crippen LogP contribution is 2.14. The number of carbonyl (C=O) groups is 3. The Bertz CT molecular complexity index is 763. The molecular formula is C43H80O6. The quantitative estimate of drug-likeness (QED) is 0.0277. The third kappa shape index (κ3) is 37.2. The van der Waals surface area contributed by atoms with Crippen molar-refractivity contribution in [3.8, 4) is 0 Å². The molecule has 0 saturated heterocycles. The fraction of sp³-hybridized carbons (Fsp3) is 0.884. The zero-order valence-electron chi connectivity index (χ0n) is 32.7. The van der Waals surface area contributed by atoms with Gasteiger partial charge in [-0.25, -0.2) is 0 Å². The second kappa shape index (κ2) is 38.9. The van der Waals surface area contributed by atoms with Gasteiger partial charge in [0.25, 0.3) is 0 Å². The van der Waals surface area contributed by atoms with Crippen molar-refractivity contribution in [3.63, 3.8) is 0 Å². The highest BCUT2D eigenvalue weighted by Gasteiger charge is 2.19. The molecule has 0 aliphatic rings. The molecule has 0 heterocycles. The molecule has 0 unspecified atom stereocenters. The molecular weight excluding hydrogens is 612 g/mol. The predicted octanol–water partition coefficient (Wildman–Crippen LogP) is 13.1. The van der Waals surface area contributed by atoms with E-state index in [1.54, 1.807) is 0 Å². The first-order chi connectivity index (χ1) is 24.0. The molecule has 49 heavy (non-hydrogen) atoms. The maximum Gasteiger partial charge on any atom is 0.306 e. The SMILES string of the molecule is CCCCC/C=C\CCCCCCCC(=O)OC[C@@H](COC(=O)CCCCCCCCCCC)OC(=O)CCCCCCCCCCCC. The van der Waals surface area contributed by atoms with E-state index < -0.39 is 6.10 Å². The molecule has 6 nitrogen and oxygen atoms in total. The van der Waals surface area contributed by atoms with Crippen LogP contribution >= 0.6 is 0 Å². The second-order valence-corrected chi connectivity index (χ2v) is 14.3. The lowest BCUT2D eigenvalue weighted by Crippen LogP contribution is -2.30. The number of hydrogen-bond donors (Lipinski definition) is 0. The first-order valence-corrected chi connectivity index (χ1v) is 21.2. The Balaban J connectivity index is 4.35. The van der Waals surface area contributed by atoms with E-state index in [2.05, 4.69) is 32.9 Å². The molecule has 0 saturated carbocycles. The summed E-state index contributed by atoms with van der Waals surface area (Å²) >= 11 is 0. The molecule has 0 amide bonds. The highest BCUT2D eigenvalue weighted by atomic mass is 16.6. The predicted molar refractivity (Wildman–Crippen MR) is 206 cm³/mol. The molecule has 0 spiro atoms. The van der Waals surface area contributed by atoms with Gasteiger partial charge in [0.2, 0.25) is 0 Å². The standard InChI is InChI=1S/C43H80O6/c1-4-7-10-13-16-19-21-22-25-27-30-33-36-42(45)48-39-40(38-47-41(44)35-32-29-26-23-18-15-12-9-6-3)49-43(46)37-34-31-28-24-20-17-14-11-8-5-2/h16,19,40H,4-15,17-18,20-39H2,1-3H3/b19-16-/t40-/m1/s1. The van der Waals surface area contributed by atoms with Crippen molar-refractivity contribution in [2.24, 2.45) is 0 Å². The molecule has 0 aromatic heterocycles. The van der Waals surface area contributed by atoms with Crippen molar-refractivity contribution < 1.29 is 28.6 Å². The van der Waals surface area contributed by atoms with Gasteiger partial charge >= 0.3 is 17.9 Å². The number of ether oxygens (including phenoxy) is 3. The molecule has 0 N–H and O–H groups in total. The summed E-state index contributed by atoms with van der Waals surface area (Å²) in [6.45, 7) is 6.57. The molecule has 0 radical (unpaired) electrons. The van der Waals surface area contributed by atoms with E-state index in [0.717, 1.165) is 64.2 Å². The first-order valence-electron chi connectivity index (χ1n) is 21.2. The Labute approximate surface area is 303 Å². The summed E-state index contributed by atoms with van der Waals surface area (Å²) in [5, 5.41) is 0. The van der Waals surface area contributed by atoms with Crippen LogP contribution in [0.5, 0.6) is 0 Å². The molecule has 0 bridgehead atoms. The van der Waals surface area contributed by atoms with Crippen LogP contribution in [-0.2, 0) is 28.6 Å². The number of unbranched alkanes of at least 4 members (excludes halogenated alkanes) is 25. The second-order valence-electron chi connectivity index (χ2n) is 14.3. The van der Waals surface area contributed by atoms with Crippen molar-refractivity contribution in [1.82, 2.24) is 0 Å². The van der Waals surface area contributed by atoms with E-state index in [1.165, 1.54) is 122 Å². The summed E-state index contributed by atoms with van der Waals surface area (Å²) in [6, 6.07) is 0. The van der Waals surface area contributed by atoms with Gasteiger partial charge < -0.3 is 14.2 Å². The Morgan fingerprint density at radius 2 is 0.673 bits per heavy atom. The fourth-order valence-electron chi connectivity index (χ4n) is 6.02. The molecule has 0 aromatic rings. The third-order valence-electron chi connectivity index (χ3n) is 9.27. The van der Waals surface area contributed by atoms with Gasteiger partial charge in [-0.2, -0.15) is 0 Å². The van der Waals surface area contributed by atoms with Crippen molar-refractivity contribution in [1.29, 1.82) is 0 Å². The molecule has 0 fully saturated rings. The van der Waals surface area contributed by atoms with Crippen LogP contribution in [-0.4, -0.2) is 37.2 Å². The van der Waals surface area contributed by atoms with E-state index >= 15 is 0 Å². The molecule has 288 valence electrons. The molecule has 0 aromatic carbocycles. The average molecular weight is 693 g/mol. The maximum absolute atomic E-state index is 12.6. The summed E-state index contributed by atoms with van der Waals surface area (Å²) in [7, 11) is 0. The van der Waals surface area contributed by atoms with Gasteiger partial charge in [0.15, 0.2) is 6.10 Å². The van der Waals surface area contributed by atoms with Crippen molar-refractivity contribution >= 4 is 17.9 Å². The topological polar surface area (TPSA) is 78.9 Å². The van der Waals surface area contributed by atoms with Crippen LogP contribution in [0.15, 0.2) is 12.2 Å². The summed E-state index contributed by atoms with van der Waals surface area (Å²) < 4.78 is 16.6. The van der Waals surface area contributed by atoms with E-state index in [1.807, 2.05) is 0 Å². The summed E-state index contributed by atoms with van der Waals surface area (Å²) in [5.41, 5.74) is 0. The normalized spacial score (nSPS) is 12.0. The lowest BCUT2D eigenvalue weighted by molar-refractivity contribution is -0.167. The third-order valence-corrected chi connectivity index (χ3v) is 9.27. The van der Waals surface area contributed by atoms with Gasteiger partial charge in [-0.05, 0) is 44.9 Å². The van der Waals surface area contributed by atoms with E-state index in [9.17, 15) is 14.4 Å². The fourth-order valence-corrected chi connectivity index (χ4v) is 6.02. The van der Waals surface area contributed by atoms with Gasteiger partial charge in [0.05, 0.1) is 0 Å².